The molecule has 15 heavy (non-hydrogen) atoms. The number of hydrogen-bond acceptors (Lipinski definition) is 2. The van der Waals surface area contributed by atoms with Gasteiger partial charge in [-0.05, 0) is 36.2 Å². The van der Waals surface area contributed by atoms with Crippen molar-refractivity contribution in [3.05, 3.63) is 29.6 Å². The van der Waals surface area contributed by atoms with E-state index in [4.69, 9.17) is 16.3 Å². The van der Waals surface area contributed by atoms with E-state index in [1.165, 1.54) is 18.2 Å². The van der Waals surface area contributed by atoms with Gasteiger partial charge in [-0.25, -0.2) is 4.39 Å². The van der Waals surface area contributed by atoms with Gasteiger partial charge in [0.05, 0.1) is 12.2 Å². The van der Waals surface area contributed by atoms with Crippen LogP contribution in [0.25, 0.3) is 0 Å². The Bertz CT molecular complexity index is 352. The van der Waals surface area contributed by atoms with Crippen LogP contribution in [-0.2, 0) is 0 Å². The molecule has 0 atom stereocenters. The molecule has 1 aromatic carbocycles. The van der Waals surface area contributed by atoms with Crippen LogP contribution in [0.3, 0.4) is 0 Å². The van der Waals surface area contributed by atoms with Gasteiger partial charge in [0.1, 0.15) is 11.6 Å². The number of carbonyl (C=O) groups is 1. The predicted molar refractivity (Wildman–Crippen MR) is 57.0 cm³/mol. The van der Waals surface area contributed by atoms with Crippen molar-refractivity contribution in [3.8, 4) is 5.75 Å². The van der Waals surface area contributed by atoms with Crippen LogP contribution in [-0.4, -0.2) is 11.8 Å². The summed E-state index contributed by atoms with van der Waals surface area (Å²) in [6.07, 6.45) is 1.93. The second-order valence-corrected chi connectivity index (χ2v) is 3.46. The van der Waals surface area contributed by atoms with E-state index in [2.05, 4.69) is 0 Å². The first-order valence-electron chi connectivity index (χ1n) is 4.77. The van der Waals surface area contributed by atoms with E-state index in [-0.39, 0.29) is 5.56 Å². The zero-order valence-corrected chi connectivity index (χ0v) is 9.18. The van der Waals surface area contributed by atoms with Crippen molar-refractivity contribution in [2.45, 2.75) is 19.8 Å². The van der Waals surface area contributed by atoms with E-state index in [9.17, 15) is 9.18 Å². The summed E-state index contributed by atoms with van der Waals surface area (Å²) in [5.74, 6) is -0.160. The van der Waals surface area contributed by atoms with Crippen molar-refractivity contribution in [2.75, 3.05) is 6.61 Å². The summed E-state index contributed by atoms with van der Waals surface area (Å²) in [5.41, 5.74) is -0.148. The highest BCUT2D eigenvalue weighted by atomic mass is 35.5. The summed E-state index contributed by atoms with van der Waals surface area (Å²) in [6, 6.07) is 3.98. The molecular formula is C11H12ClFO2. The lowest BCUT2D eigenvalue weighted by atomic mass is 10.2. The Hall–Kier alpha value is -1.09. The van der Waals surface area contributed by atoms with Crippen molar-refractivity contribution in [3.63, 3.8) is 0 Å². The molecule has 0 fully saturated rings. The minimum Gasteiger partial charge on any atom is -0.494 e. The van der Waals surface area contributed by atoms with Gasteiger partial charge in [-0.2, -0.15) is 0 Å². The summed E-state index contributed by atoms with van der Waals surface area (Å²) in [5, 5.41) is -0.812. The lowest BCUT2D eigenvalue weighted by molar-refractivity contribution is 0.107. The van der Waals surface area contributed by atoms with Gasteiger partial charge in [0.15, 0.2) is 0 Å². The van der Waals surface area contributed by atoms with Crippen molar-refractivity contribution in [1.82, 2.24) is 0 Å². The van der Waals surface area contributed by atoms with Crippen LogP contribution < -0.4 is 4.74 Å². The number of halogens is 2. The minimum absolute atomic E-state index is 0.148. The average Bonchev–Trinajstić information content (AvgIpc) is 2.20. The quantitative estimate of drug-likeness (QED) is 0.573. The molecule has 0 saturated carbocycles. The third-order valence-corrected chi connectivity index (χ3v) is 2.12. The largest absolute Gasteiger partial charge is 0.494 e. The fourth-order valence-corrected chi connectivity index (χ4v) is 1.22. The summed E-state index contributed by atoms with van der Waals surface area (Å²) in [6.45, 7) is 2.60. The standard InChI is InChI=1S/C11H12ClFO2/c1-2-3-6-15-8-4-5-10(13)9(7-8)11(12)14/h4-5,7H,2-3,6H2,1H3. The molecule has 0 amide bonds. The first-order valence-corrected chi connectivity index (χ1v) is 5.15. The molecule has 0 unspecified atom stereocenters. The maximum absolute atomic E-state index is 13.0. The summed E-state index contributed by atoms with van der Waals surface area (Å²) < 4.78 is 18.4. The highest BCUT2D eigenvalue weighted by Gasteiger charge is 2.10. The second-order valence-electron chi connectivity index (χ2n) is 3.12. The van der Waals surface area contributed by atoms with E-state index in [1.54, 1.807) is 0 Å². The maximum atomic E-state index is 13.0. The molecule has 0 saturated heterocycles. The lowest BCUT2D eigenvalue weighted by Gasteiger charge is -2.06. The molecule has 0 spiro atoms. The van der Waals surface area contributed by atoms with Crippen LogP contribution in [0.1, 0.15) is 30.1 Å². The van der Waals surface area contributed by atoms with Gasteiger partial charge in [-0.15, -0.1) is 0 Å². The predicted octanol–water partition coefficient (Wildman–Crippen LogP) is 3.38. The molecule has 1 aromatic rings. The molecule has 0 aliphatic heterocycles. The van der Waals surface area contributed by atoms with Gasteiger partial charge in [-0.1, -0.05) is 13.3 Å². The summed E-state index contributed by atoms with van der Waals surface area (Å²) >= 11 is 5.21. The zero-order valence-electron chi connectivity index (χ0n) is 8.43. The van der Waals surface area contributed by atoms with Gasteiger partial charge in [-0.3, -0.25) is 4.79 Å². The Kier molecular flexibility index (Phi) is 4.56. The van der Waals surface area contributed by atoms with Crippen LogP contribution in [0, 0.1) is 5.82 Å². The molecule has 4 heteroatoms. The maximum Gasteiger partial charge on any atom is 0.255 e. The lowest BCUT2D eigenvalue weighted by Crippen LogP contribution is -1.99. The normalized spacial score (nSPS) is 10.1. The van der Waals surface area contributed by atoms with E-state index < -0.39 is 11.1 Å². The molecule has 0 aromatic heterocycles. The number of carbonyl (C=O) groups excluding carboxylic acids is 1. The molecule has 0 bridgehead atoms. The van der Waals surface area contributed by atoms with Gasteiger partial charge >= 0.3 is 0 Å². The van der Waals surface area contributed by atoms with E-state index in [1.807, 2.05) is 6.92 Å². The topological polar surface area (TPSA) is 26.3 Å². The van der Waals surface area contributed by atoms with Crippen molar-refractivity contribution >= 4 is 16.8 Å². The number of unbranched alkanes of at least 4 members (excludes halogenated alkanes) is 1. The van der Waals surface area contributed by atoms with Gasteiger partial charge in [0.2, 0.25) is 0 Å². The number of rotatable bonds is 5. The highest BCUT2D eigenvalue weighted by molar-refractivity contribution is 6.67. The number of hydrogen-bond donors (Lipinski definition) is 0. The first-order chi connectivity index (χ1) is 7.15. The minimum atomic E-state index is -0.812. The van der Waals surface area contributed by atoms with Crippen molar-refractivity contribution in [1.29, 1.82) is 0 Å². The molecule has 0 heterocycles. The van der Waals surface area contributed by atoms with Crippen LogP contribution >= 0.6 is 11.6 Å². The fraction of sp³-hybridized carbons (Fsp3) is 0.364. The van der Waals surface area contributed by atoms with Crippen molar-refractivity contribution < 1.29 is 13.9 Å². The summed E-state index contributed by atoms with van der Waals surface area (Å²) in [7, 11) is 0. The Morgan fingerprint density at radius 1 is 1.53 bits per heavy atom. The van der Waals surface area contributed by atoms with Gasteiger partial charge in [0.25, 0.3) is 5.24 Å². The van der Waals surface area contributed by atoms with Gasteiger partial charge in [0, 0.05) is 0 Å². The SMILES string of the molecule is CCCCOc1ccc(F)c(C(=O)Cl)c1. The monoisotopic (exact) mass is 230 g/mol. The van der Waals surface area contributed by atoms with Crippen LogP contribution in [0.2, 0.25) is 0 Å². The Morgan fingerprint density at radius 2 is 2.27 bits per heavy atom. The van der Waals surface area contributed by atoms with Crippen LogP contribution in [0.15, 0.2) is 18.2 Å². The average molecular weight is 231 g/mol. The van der Waals surface area contributed by atoms with E-state index >= 15 is 0 Å². The molecule has 82 valence electrons. The smallest absolute Gasteiger partial charge is 0.255 e. The number of benzene rings is 1. The molecule has 0 N–H and O–H groups in total. The van der Waals surface area contributed by atoms with Crippen LogP contribution in [0.5, 0.6) is 5.75 Å². The fourth-order valence-electron chi connectivity index (χ4n) is 1.08. The molecule has 0 aliphatic rings. The molecule has 2 nitrogen and oxygen atoms in total. The highest BCUT2D eigenvalue weighted by Crippen LogP contribution is 2.18. The number of ether oxygens (including phenoxy) is 1. The van der Waals surface area contributed by atoms with Crippen molar-refractivity contribution in [2.24, 2.45) is 0 Å². The Morgan fingerprint density at radius 3 is 2.87 bits per heavy atom. The molecule has 1 rings (SSSR count). The molecular weight excluding hydrogens is 219 g/mol. The van der Waals surface area contributed by atoms with Gasteiger partial charge < -0.3 is 4.74 Å². The summed E-state index contributed by atoms with van der Waals surface area (Å²) in [4.78, 5) is 10.8. The van der Waals surface area contributed by atoms with Crippen LogP contribution in [0.4, 0.5) is 4.39 Å². The Labute approximate surface area is 93.0 Å². The molecule has 0 radical (unpaired) electrons. The van der Waals surface area contributed by atoms with E-state index in [0.29, 0.717) is 12.4 Å². The zero-order chi connectivity index (χ0) is 11.3. The third-order valence-electron chi connectivity index (χ3n) is 1.92. The Balaban J connectivity index is 2.74. The third kappa shape index (κ3) is 3.51. The van der Waals surface area contributed by atoms with E-state index in [0.717, 1.165) is 12.8 Å². The first kappa shape index (κ1) is 12.0. The second kappa shape index (κ2) is 5.71. The molecule has 0 aliphatic carbocycles.